The lowest BCUT2D eigenvalue weighted by atomic mass is 10.0. The molecule has 0 radical (unpaired) electrons. The molecule has 3 aromatic rings. The van der Waals surface area contributed by atoms with Gasteiger partial charge in [-0.15, -0.1) is 0 Å². The van der Waals surface area contributed by atoms with E-state index in [-0.39, 0.29) is 31.0 Å². The van der Waals surface area contributed by atoms with Crippen LogP contribution in [0.4, 0.5) is 0 Å². The average molecular weight is 463 g/mol. The van der Waals surface area contributed by atoms with Crippen LogP contribution in [0.25, 0.3) is 0 Å². The minimum atomic E-state index is -1.16. The van der Waals surface area contributed by atoms with Crippen molar-refractivity contribution < 1.29 is 29.3 Å². The van der Waals surface area contributed by atoms with Crippen LogP contribution in [0.1, 0.15) is 27.0 Å². The van der Waals surface area contributed by atoms with Gasteiger partial charge in [0, 0.05) is 18.5 Å². The van der Waals surface area contributed by atoms with E-state index in [1.165, 1.54) is 12.1 Å². The number of benzene rings is 3. The number of phenolic OH excluding ortho intramolecular Hbond substituents is 1. The number of hydrogen-bond donors (Lipinski definition) is 4. The van der Waals surface area contributed by atoms with Gasteiger partial charge in [0.1, 0.15) is 17.5 Å². The second-order valence-electron chi connectivity index (χ2n) is 7.74. The summed E-state index contributed by atoms with van der Waals surface area (Å²) in [7, 11) is 1.58. The zero-order chi connectivity index (χ0) is 24.5. The first-order valence-corrected chi connectivity index (χ1v) is 10.6. The fourth-order valence-electron chi connectivity index (χ4n) is 3.32. The summed E-state index contributed by atoms with van der Waals surface area (Å²) in [6, 6.07) is 18.9. The molecule has 0 spiro atoms. The van der Waals surface area contributed by atoms with Crippen LogP contribution in [0.3, 0.4) is 0 Å². The van der Waals surface area contributed by atoms with Gasteiger partial charge in [0.25, 0.3) is 5.91 Å². The van der Waals surface area contributed by atoms with Crippen molar-refractivity contribution in [2.45, 2.75) is 25.4 Å². The molecule has 8 heteroatoms. The van der Waals surface area contributed by atoms with Crippen LogP contribution in [0.15, 0.2) is 72.8 Å². The second kappa shape index (κ2) is 11.5. The van der Waals surface area contributed by atoms with Crippen LogP contribution in [-0.2, 0) is 29.0 Å². The number of carbonyl (C=O) groups excluding carboxylic acids is 2. The van der Waals surface area contributed by atoms with Crippen molar-refractivity contribution in [3.63, 3.8) is 0 Å². The predicted molar refractivity (Wildman–Crippen MR) is 126 cm³/mol. The van der Waals surface area contributed by atoms with Crippen LogP contribution in [0.5, 0.6) is 11.5 Å². The highest BCUT2D eigenvalue weighted by Gasteiger charge is 2.21. The van der Waals surface area contributed by atoms with Gasteiger partial charge in [-0.1, -0.05) is 36.4 Å². The zero-order valence-electron chi connectivity index (χ0n) is 18.7. The Morgan fingerprint density at radius 1 is 0.912 bits per heavy atom. The summed E-state index contributed by atoms with van der Waals surface area (Å²) in [6.45, 7) is 0.228. The van der Waals surface area contributed by atoms with Crippen molar-refractivity contribution in [3.8, 4) is 11.5 Å². The Labute approximate surface area is 197 Å². The number of phenols is 1. The Hall–Kier alpha value is -4.33. The van der Waals surface area contributed by atoms with E-state index in [9.17, 15) is 24.6 Å². The van der Waals surface area contributed by atoms with Gasteiger partial charge in [0.2, 0.25) is 5.91 Å². The first-order valence-electron chi connectivity index (χ1n) is 10.6. The molecule has 0 heterocycles. The summed E-state index contributed by atoms with van der Waals surface area (Å²) in [5.74, 6) is -1.07. The van der Waals surface area contributed by atoms with E-state index >= 15 is 0 Å². The van der Waals surface area contributed by atoms with Crippen molar-refractivity contribution in [3.05, 3.63) is 95.1 Å². The molecule has 8 nitrogen and oxygen atoms in total. The van der Waals surface area contributed by atoms with Crippen LogP contribution >= 0.6 is 0 Å². The molecule has 0 aliphatic heterocycles. The molecule has 1 atom stereocenters. The number of methoxy groups -OCH3 is 1. The molecular formula is C26H26N2O6. The van der Waals surface area contributed by atoms with Crippen LogP contribution in [-0.4, -0.2) is 41.1 Å². The first kappa shape index (κ1) is 24.3. The van der Waals surface area contributed by atoms with Gasteiger partial charge in [-0.3, -0.25) is 9.59 Å². The summed E-state index contributed by atoms with van der Waals surface area (Å²) >= 11 is 0. The number of aromatic hydroxyl groups is 1. The summed E-state index contributed by atoms with van der Waals surface area (Å²) < 4.78 is 5.11. The van der Waals surface area contributed by atoms with Gasteiger partial charge in [0.05, 0.1) is 13.5 Å². The van der Waals surface area contributed by atoms with E-state index < -0.39 is 17.9 Å². The number of hydrogen-bond acceptors (Lipinski definition) is 5. The SMILES string of the molecule is COc1ccc(CC(=O)NCc2cccc(C(=O)N[C@@H](Cc3ccc(O)cc3)C(=O)O)c2)cc1. The maximum atomic E-state index is 12.7. The lowest BCUT2D eigenvalue weighted by Gasteiger charge is -2.15. The fraction of sp³-hybridized carbons (Fsp3) is 0.192. The van der Waals surface area contributed by atoms with E-state index in [2.05, 4.69) is 10.6 Å². The number of rotatable bonds is 10. The molecule has 2 amide bonds. The quantitative estimate of drug-likeness (QED) is 0.367. The molecular weight excluding hydrogens is 436 g/mol. The molecule has 0 aliphatic rings. The number of nitrogens with one attached hydrogen (secondary N) is 2. The number of aliphatic carboxylic acids is 1. The lowest BCUT2D eigenvalue weighted by Crippen LogP contribution is -2.42. The number of carbonyl (C=O) groups is 3. The Morgan fingerprint density at radius 2 is 1.59 bits per heavy atom. The minimum absolute atomic E-state index is 0.0719. The number of carboxylic acid groups (broad SMARTS) is 1. The van der Waals surface area contributed by atoms with Crippen molar-refractivity contribution >= 4 is 17.8 Å². The molecule has 0 bridgehead atoms. The summed E-state index contributed by atoms with van der Waals surface area (Å²) in [4.78, 5) is 36.6. The number of carboxylic acids is 1. The predicted octanol–water partition coefficient (Wildman–Crippen LogP) is 2.69. The van der Waals surface area contributed by atoms with Gasteiger partial charge in [-0.25, -0.2) is 4.79 Å². The summed E-state index contributed by atoms with van der Waals surface area (Å²) in [5, 5.41) is 24.2. The first-order chi connectivity index (χ1) is 16.3. The molecule has 0 aromatic heterocycles. The number of ether oxygens (including phenoxy) is 1. The maximum absolute atomic E-state index is 12.7. The molecule has 34 heavy (non-hydrogen) atoms. The van der Waals surface area contributed by atoms with Gasteiger partial charge in [0.15, 0.2) is 0 Å². The molecule has 3 rings (SSSR count). The highest BCUT2D eigenvalue weighted by Crippen LogP contribution is 2.13. The molecule has 4 N–H and O–H groups in total. The Bertz CT molecular complexity index is 1140. The van der Waals surface area contributed by atoms with Crippen LogP contribution < -0.4 is 15.4 Å². The molecule has 0 fully saturated rings. The molecule has 176 valence electrons. The van der Waals surface area contributed by atoms with Gasteiger partial charge < -0.3 is 25.6 Å². The van der Waals surface area contributed by atoms with Crippen molar-refractivity contribution in [1.29, 1.82) is 0 Å². The third-order valence-corrected chi connectivity index (χ3v) is 5.18. The van der Waals surface area contributed by atoms with E-state index in [0.717, 1.165) is 5.56 Å². The Kier molecular flexibility index (Phi) is 8.23. The highest BCUT2D eigenvalue weighted by atomic mass is 16.5. The van der Waals surface area contributed by atoms with E-state index in [1.54, 1.807) is 55.6 Å². The van der Waals surface area contributed by atoms with E-state index in [4.69, 9.17) is 4.74 Å². The molecule has 0 saturated heterocycles. The van der Waals surface area contributed by atoms with Gasteiger partial charge in [-0.05, 0) is 53.1 Å². The van der Waals surface area contributed by atoms with Crippen molar-refractivity contribution in [2.75, 3.05) is 7.11 Å². The molecule has 0 aliphatic carbocycles. The van der Waals surface area contributed by atoms with Crippen LogP contribution in [0, 0.1) is 0 Å². The molecule has 0 unspecified atom stereocenters. The van der Waals surface area contributed by atoms with Crippen molar-refractivity contribution in [2.24, 2.45) is 0 Å². The standard InChI is InChI=1S/C26H26N2O6/c1-34-22-11-7-18(8-12-22)15-24(30)27-16-19-3-2-4-20(13-19)25(31)28-23(26(32)33)14-17-5-9-21(29)10-6-17/h2-13,23,29H,14-16H2,1H3,(H,27,30)(H,28,31)(H,32,33)/t23-/m0/s1. The molecule has 0 saturated carbocycles. The van der Waals surface area contributed by atoms with E-state index in [1.807, 2.05) is 12.1 Å². The van der Waals surface area contributed by atoms with E-state index in [0.29, 0.717) is 22.4 Å². The summed E-state index contributed by atoms with van der Waals surface area (Å²) in [5.41, 5.74) is 2.51. The Balaban J connectivity index is 1.57. The van der Waals surface area contributed by atoms with Gasteiger partial charge >= 0.3 is 5.97 Å². The average Bonchev–Trinajstić information content (AvgIpc) is 2.84. The third kappa shape index (κ3) is 7.09. The minimum Gasteiger partial charge on any atom is -0.508 e. The number of amides is 2. The topological polar surface area (TPSA) is 125 Å². The third-order valence-electron chi connectivity index (χ3n) is 5.18. The summed E-state index contributed by atoms with van der Waals surface area (Å²) in [6.07, 6.45) is 0.282. The van der Waals surface area contributed by atoms with Gasteiger partial charge in [-0.2, -0.15) is 0 Å². The van der Waals surface area contributed by atoms with Crippen molar-refractivity contribution in [1.82, 2.24) is 10.6 Å². The molecule has 3 aromatic carbocycles. The fourth-order valence-corrected chi connectivity index (χ4v) is 3.32. The second-order valence-corrected chi connectivity index (χ2v) is 7.74. The normalized spacial score (nSPS) is 11.3. The maximum Gasteiger partial charge on any atom is 0.326 e. The highest BCUT2D eigenvalue weighted by molar-refractivity contribution is 5.96. The monoisotopic (exact) mass is 462 g/mol. The van der Waals surface area contributed by atoms with Crippen LogP contribution in [0.2, 0.25) is 0 Å². The largest absolute Gasteiger partial charge is 0.508 e. The lowest BCUT2D eigenvalue weighted by molar-refractivity contribution is -0.139. The zero-order valence-corrected chi connectivity index (χ0v) is 18.7. The Morgan fingerprint density at radius 3 is 2.24 bits per heavy atom. The smallest absolute Gasteiger partial charge is 0.326 e.